The van der Waals surface area contributed by atoms with E-state index in [-0.39, 0.29) is 0 Å². The van der Waals surface area contributed by atoms with Crippen LogP contribution in [0.2, 0.25) is 0 Å². The minimum absolute atomic E-state index is 1.05. The number of likely N-dealkylation sites (N-methyl/N-ethyl adjacent to an activating group) is 1. The Hall–Kier alpha value is -1.09. The fraction of sp³-hybridized carbons (Fsp3) is 0.444. The molecule has 0 spiro atoms. The second-order valence-electron chi connectivity index (χ2n) is 3.12. The topological polar surface area (TPSA) is 19.4 Å². The number of rotatable bonds is 0. The number of hydrazine groups is 1. The largest absolute Gasteiger partial charge is 0.307 e. The van der Waals surface area contributed by atoms with Crippen LogP contribution in [0.4, 0.5) is 5.69 Å². The van der Waals surface area contributed by atoms with E-state index < -0.39 is 0 Å². The molecule has 0 bridgehead atoms. The molecular weight excluding hydrogens is 150 g/mol. The fourth-order valence-electron chi connectivity index (χ4n) is 1.52. The van der Waals surface area contributed by atoms with Crippen molar-refractivity contribution in [2.24, 2.45) is 0 Å². The number of aromatic nitrogens is 1. The average Bonchev–Trinajstić information content (AvgIpc) is 2.12. The molecule has 1 aromatic rings. The van der Waals surface area contributed by atoms with Crippen molar-refractivity contribution in [1.82, 2.24) is 9.99 Å². The third-order valence-electron chi connectivity index (χ3n) is 2.40. The molecule has 0 N–H and O–H groups in total. The SMILES string of the molecule is CN1CCc2ncccc2N1C. The van der Waals surface area contributed by atoms with Crippen molar-refractivity contribution in [2.45, 2.75) is 6.42 Å². The van der Waals surface area contributed by atoms with Crippen molar-refractivity contribution < 1.29 is 0 Å². The van der Waals surface area contributed by atoms with Crippen LogP contribution in [0, 0.1) is 0 Å². The monoisotopic (exact) mass is 163 g/mol. The predicted molar refractivity (Wildman–Crippen MR) is 49.0 cm³/mol. The molecule has 0 fully saturated rings. The van der Waals surface area contributed by atoms with Gasteiger partial charge >= 0.3 is 0 Å². The Morgan fingerprint density at radius 3 is 3.08 bits per heavy atom. The molecule has 0 saturated heterocycles. The number of nitrogens with zero attached hydrogens (tertiary/aromatic N) is 3. The summed E-state index contributed by atoms with van der Waals surface area (Å²) in [6.07, 6.45) is 2.91. The summed E-state index contributed by atoms with van der Waals surface area (Å²) >= 11 is 0. The lowest BCUT2D eigenvalue weighted by Crippen LogP contribution is -2.42. The van der Waals surface area contributed by atoms with Crippen molar-refractivity contribution >= 4 is 5.69 Å². The molecule has 0 saturated carbocycles. The van der Waals surface area contributed by atoms with Crippen LogP contribution < -0.4 is 5.01 Å². The minimum Gasteiger partial charge on any atom is -0.307 e. The van der Waals surface area contributed by atoms with Gasteiger partial charge in [-0.25, -0.2) is 5.01 Å². The summed E-state index contributed by atoms with van der Waals surface area (Å²) in [6.45, 7) is 1.06. The summed E-state index contributed by atoms with van der Waals surface area (Å²) in [5.74, 6) is 0. The molecule has 12 heavy (non-hydrogen) atoms. The number of hydrogen-bond donors (Lipinski definition) is 0. The Kier molecular flexibility index (Phi) is 1.73. The van der Waals surface area contributed by atoms with Gasteiger partial charge in [0.15, 0.2) is 0 Å². The van der Waals surface area contributed by atoms with Crippen LogP contribution in [0.5, 0.6) is 0 Å². The Morgan fingerprint density at radius 2 is 2.25 bits per heavy atom. The van der Waals surface area contributed by atoms with Gasteiger partial charge in [-0.1, -0.05) is 0 Å². The molecule has 3 heteroatoms. The van der Waals surface area contributed by atoms with Crippen molar-refractivity contribution in [1.29, 1.82) is 0 Å². The van der Waals surface area contributed by atoms with Gasteiger partial charge in [-0.05, 0) is 12.1 Å². The molecule has 2 rings (SSSR count). The quantitative estimate of drug-likeness (QED) is 0.567. The van der Waals surface area contributed by atoms with E-state index in [9.17, 15) is 0 Å². The van der Waals surface area contributed by atoms with Gasteiger partial charge in [0, 0.05) is 33.3 Å². The third-order valence-corrected chi connectivity index (χ3v) is 2.40. The van der Waals surface area contributed by atoms with Gasteiger partial charge in [0.2, 0.25) is 0 Å². The minimum atomic E-state index is 1.05. The normalized spacial score (nSPS) is 17.7. The summed E-state index contributed by atoms with van der Waals surface area (Å²) in [4.78, 5) is 4.34. The summed E-state index contributed by atoms with van der Waals surface area (Å²) in [5.41, 5.74) is 2.43. The maximum atomic E-state index is 4.34. The van der Waals surface area contributed by atoms with Gasteiger partial charge in [0.05, 0.1) is 11.4 Å². The first-order valence-corrected chi connectivity index (χ1v) is 4.17. The molecule has 64 valence electrons. The Labute approximate surface area is 72.6 Å². The van der Waals surface area contributed by atoms with Gasteiger partial charge < -0.3 is 5.01 Å². The highest BCUT2D eigenvalue weighted by Gasteiger charge is 2.17. The zero-order valence-electron chi connectivity index (χ0n) is 7.49. The molecule has 2 heterocycles. The van der Waals surface area contributed by atoms with Crippen molar-refractivity contribution in [3.05, 3.63) is 24.0 Å². The van der Waals surface area contributed by atoms with E-state index in [2.05, 4.69) is 35.2 Å². The second-order valence-corrected chi connectivity index (χ2v) is 3.12. The van der Waals surface area contributed by atoms with Gasteiger partial charge in [-0.2, -0.15) is 0 Å². The van der Waals surface area contributed by atoms with Gasteiger partial charge in [0.1, 0.15) is 0 Å². The molecule has 0 aliphatic carbocycles. The van der Waals surface area contributed by atoms with E-state index in [1.807, 2.05) is 12.3 Å². The van der Waals surface area contributed by atoms with Gasteiger partial charge in [-0.3, -0.25) is 4.98 Å². The van der Waals surface area contributed by atoms with E-state index in [0.29, 0.717) is 0 Å². The lowest BCUT2D eigenvalue weighted by molar-refractivity contribution is 0.311. The van der Waals surface area contributed by atoms with Crippen molar-refractivity contribution in [2.75, 3.05) is 25.6 Å². The maximum absolute atomic E-state index is 4.34. The third kappa shape index (κ3) is 1.06. The van der Waals surface area contributed by atoms with Crippen LogP contribution in [0.15, 0.2) is 18.3 Å². The summed E-state index contributed by atoms with van der Waals surface area (Å²) in [7, 11) is 4.16. The van der Waals surface area contributed by atoms with Crippen LogP contribution >= 0.6 is 0 Å². The lowest BCUT2D eigenvalue weighted by Gasteiger charge is -2.35. The Bertz CT molecular complexity index is 285. The first kappa shape index (κ1) is 7.55. The Morgan fingerprint density at radius 1 is 1.42 bits per heavy atom. The first-order chi connectivity index (χ1) is 5.79. The van der Waals surface area contributed by atoms with E-state index >= 15 is 0 Å². The van der Waals surface area contributed by atoms with E-state index in [1.54, 1.807) is 0 Å². The standard InChI is InChI=1S/C9H13N3/c1-11-7-5-8-9(12(11)2)4-3-6-10-8/h3-4,6H,5,7H2,1-2H3. The van der Waals surface area contributed by atoms with Crippen LogP contribution in [0.25, 0.3) is 0 Å². The highest BCUT2D eigenvalue weighted by atomic mass is 15.6. The average molecular weight is 163 g/mol. The fourth-order valence-corrected chi connectivity index (χ4v) is 1.52. The smallest absolute Gasteiger partial charge is 0.0734 e. The van der Waals surface area contributed by atoms with Crippen LogP contribution in [-0.4, -0.2) is 30.6 Å². The predicted octanol–water partition coefficient (Wildman–Crippen LogP) is 0.921. The van der Waals surface area contributed by atoms with Crippen LogP contribution in [0.3, 0.4) is 0 Å². The maximum Gasteiger partial charge on any atom is 0.0734 e. The number of pyridine rings is 1. The molecule has 0 aromatic carbocycles. The molecule has 3 nitrogen and oxygen atoms in total. The molecule has 0 atom stereocenters. The van der Waals surface area contributed by atoms with Crippen LogP contribution in [0.1, 0.15) is 5.69 Å². The Balaban J connectivity index is 2.42. The van der Waals surface area contributed by atoms with Crippen molar-refractivity contribution in [3.8, 4) is 0 Å². The van der Waals surface area contributed by atoms with Crippen molar-refractivity contribution in [3.63, 3.8) is 0 Å². The highest BCUT2D eigenvalue weighted by Crippen LogP contribution is 2.22. The number of fused-ring (bicyclic) bond motifs is 1. The summed E-state index contributed by atoms with van der Waals surface area (Å²) in [5, 5.41) is 4.34. The molecule has 1 aliphatic heterocycles. The van der Waals surface area contributed by atoms with Gasteiger partial charge in [0.25, 0.3) is 0 Å². The number of anilines is 1. The molecular formula is C9H13N3. The lowest BCUT2D eigenvalue weighted by atomic mass is 10.2. The highest BCUT2D eigenvalue weighted by molar-refractivity contribution is 5.50. The molecule has 0 amide bonds. The zero-order chi connectivity index (χ0) is 8.55. The second kappa shape index (κ2) is 2.75. The molecule has 0 unspecified atom stereocenters. The van der Waals surface area contributed by atoms with Gasteiger partial charge in [-0.15, -0.1) is 0 Å². The zero-order valence-corrected chi connectivity index (χ0v) is 7.49. The molecule has 1 aliphatic rings. The summed E-state index contributed by atoms with van der Waals surface area (Å²) < 4.78 is 0. The molecule has 1 aromatic heterocycles. The van der Waals surface area contributed by atoms with E-state index in [1.165, 1.54) is 11.4 Å². The first-order valence-electron chi connectivity index (χ1n) is 4.17. The number of hydrogen-bond acceptors (Lipinski definition) is 3. The van der Waals surface area contributed by atoms with Crippen LogP contribution in [-0.2, 0) is 6.42 Å². The van der Waals surface area contributed by atoms with E-state index in [4.69, 9.17) is 0 Å². The molecule has 0 radical (unpaired) electrons. The van der Waals surface area contributed by atoms with E-state index in [0.717, 1.165) is 13.0 Å². The summed E-state index contributed by atoms with van der Waals surface area (Å²) in [6, 6.07) is 4.09.